The molecule has 1 aliphatic rings. The fourth-order valence-electron chi connectivity index (χ4n) is 3.84. The second kappa shape index (κ2) is 7.16. The molecule has 4 aromatic rings. The van der Waals surface area contributed by atoms with Gasteiger partial charge in [0.1, 0.15) is 5.15 Å². The first-order valence-corrected chi connectivity index (χ1v) is 9.89. The zero-order chi connectivity index (χ0) is 21.8. The average molecular weight is 446 g/mol. The van der Waals surface area contributed by atoms with Crippen LogP contribution in [-0.2, 0) is 6.18 Å². The topological polar surface area (TPSA) is 50.8 Å². The van der Waals surface area contributed by atoms with Gasteiger partial charge in [-0.3, -0.25) is 9.20 Å². The molecule has 1 saturated heterocycles. The molecule has 9 heteroatoms. The van der Waals surface area contributed by atoms with E-state index in [2.05, 4.69) is 4.98 Å². The lowest BCUT2D eigenvalue weighted by Gasteiger charge is -2.41. The Morgan fingerprint density at radius 2 is 1.94 bits per heavy atom. The minimum atomic E-state index is -4.68. The highest BCUT2D eigenvalue weighted by molar-refractivity contribution is 6.33. The zero-order valence-electron chi connectivity index (χ0n) is 15.9. The Morgan fingerprint density at radius 1 is 1.16 bits per heavy atom. The maximum atomic E-state index is 13.8. The van der Waals surface area contributed by atoms with Crippen LogP contribution in [-0.4, -0.2) is 26.7 Å². The van der Waals surface area contributed by atoms with Crippen molar-refractivity contribution in [2.75, 3.05) is 6.54 Å². The van der Waals surface area contributed by atoms with Crippen molar-refractivity contribution in [1.82, 2.24) is 14.3 Å². The van der Waals surface area contributed by atoms with Crippen LogP contribution in [0.2, 0.25) is 5.15 Å². The van der Waals surface area contributed by atoms with Gasteiger partial charge in [-0.25, -0.2) is 4.98 Å². The standard InChI is InChI=1S/C22H15ClF3N3O2/c23-19-18(21(30)28-8-6-17(28)13-4-2-1-3-5-13)27-20-16(22(24,25)26)10-15(11-29(19)20)14-7-9-31-12-14/h1-5,7,9-12,17H,6,8H2. The first-order chi connectivity index (χ1) is 14.8. The fourth-order valence-corrected chi connectivity index (χ4v) is 4.09. The normalized spacial score (nSPS) is 16.5. The van der Waals surface area contributed by atoms with Gasteiger partial charge in [0.05, 0.1) is 24.1 Å². The second-order valence-electron chi connectivity index (χ2n) is 7.31. The van der Waals surface area contributed by atoms with Crippen LogP contribution >= 0.6 is 11.6 Å². The molecule has 0 saturated carbocycles. The molecular formula is C22H15ClF3N3O2. The SMILES string of the molecule is O=C(c1nc2c(C(F)(F)F)cc(-c3ccoc3)cn2c1Cl)N1CCC1c1ccccc1. The first kappa shape index (κ1) is 19.7. The van der Waals surface area contributed by atoms with Crippen molar-refractivity contribution in [1.29, 1.82) is 0 Å². The Balaban J connectivity index is 1.60. The van der Waals surface area contributed by atoms with Gasteiger partial charge in [0.2, 0.25) is 0 Å². The molecule has 4 heterocycles. The molecule has 1 fully saturated rings. The van der Waals surface area contributed by atoms with Gasteiger partial charge >= 0.3 is 6.18 Å². The summed E-state index contributed by atoms with van der Waals surface area (Å²) in [4.78, 5) is 18.8. The number of aromatic nitrogens is 2. The number of hydrogen-bond acceptors (Lipinski definition) is 3. The third-order valence-electron chi connectivity index (χ3n) is 5.49. The summed E-state index contributed by atoms with van der Waals surface area (Å²) < 4.78 is 47.5. The van der Waals surface area contributed by atoms with E-state index in [0.29, 0.717) is 12.1 Å². The number of hydrogen-bond donors (Lipinski definition) is 0. The van der Waals surface area contributed by atoms with E-state index in [1.165, 1.54) is 18.7 Å². The van der Waals surface area contributed by atoms with E-state index < -0.39 is 23.3 Å². The van der Waals surface area contributed by atoms with Gasteiger partial charge in [-0.1, -0.05) is 41.9 Å². The van der Waals surface area contributed by atoms with Crippen LogP contribution in [0.25, 0.3) is 16.8 Å². The van der Waals surface area contributed by atoms with Crippen molar-refractivity contribution in [3.8, 4) is 11.1 Å². The number of furan rings is 1. The molecule has 5 rings (SSSR count). The van der Waals surface area contributed by atoms with Gasteiger partial charge in [-0.2, -0.15) is 13.2 Å². The molecule has 1 aliphatic heterocycles. The van der Waals surface area contributed by atoms with Gasteiger partial charge in [0.15, 0.2) is 11.3 Å². The van der Waals surface area contributed by atoms with Gasteiger partial charge in [-0.05, 0) is 24.1 Å². The number of amides is 1. The van der Waals surface area contributed by atoms with E-state index in [4.69, 9.17) is 16.0 Å². The van der Waals surface area contributed by atoms with Crippen LogP contribution in [0.3, 0.4) is 0 Å². The Kier molecular flexibility index (Phi) is 4.55. The minimum Gasteiger partial charge on any atom is -0.472 e. The monoisotopic (exact) mass is 445 g/mol. The number of nitrogens with zero attached hydrogens (tertiary/aromatic N) is 3. The predicted molar refractivity (Wildman–Crippen MR) is 108 cm³/mol. The Bertz CT molecular complexity index is 1270. The lowest BCUT2D eigenvalue weighted by Crippen LogP contribution is -2.45. The summed E-state index contributed by atoms with van der Waals surface area (Å²) in [5, 5.41) is -0.158. The van der Waals surface area contributed by atoms with Crippen molar-refractivity contribution < 1.29 is 22.4 Å². The lowest BCUT2D eigenvalue weighted by atomic mass is 9.94. The summed E-state index contributed by atoms with van der Waals surface area (Å²) >= 11 is 6.39. The number of carbonyl (C=O) groups is 1. The average Bonchev–Trinajstić information content (AvgIpc) is 3.35. The highest BCUT2D eigenvalue weighted by atomic mass is 35.5. The van der Waals surface area contributed by atoms with Crippen LogP contribution in [0, 0.1) is 0 Å². The molecule has 0 N–H and O–H groups in total. The molecule has 0 radical (unpaired) electrons. The third kappa shape index (κ3) is 3.27. The predicted octanol–water partition coefficient (Wildman–Crippen LogP) is 5.85. The van der Waals surface area contributed by atoms with Crippen LogP contribution in [0.15, 0.2) is 65.6 Å². The molecule has 3 aromatic heterocycles. The number of rotatable bonds is 3. The lowest BCUT2D eigenvalue weighted by molar-refractivity contribution is -0.136. The molecule has 31 heavy (non-hydrogen) atoms. The van der Waals surface area contributed by atoms with E-state index >= 15 is 0 Å². The fraction of sp³-hybridized carbons (Fsp3) is 0.182. The maximum absolute atomic E-state index is 13.8. The molecule has 1 aromatic carbocycles. The highest BCUT2D eigenvalue weighted by Gasteiger charge is 2.39. The summed E-state index contributed by atoms with van der Waals surface area (Å²) in [5.74, 6) is -0.494. The zero-order valence-corrected chi connectivity index (χ0v) is 16.7. The molecule has 5 nitrogen and oxygen atoms in total. The Morgan fingerprint density at radius 3 is 2.55 bits per heavy atom. The van der Waals surface area contributed by atoms with E-state index in [1.807, 2.05) is 30.3 Å². The van der Waals surface area contributed by atoms with Crippen LogP contribution < -0.4 is 0 Å². The summed E-state index contributed by atoms with van der Waals surface area (Å²) in [5.41, 5.74) is 0.0764. The van der Waals surface area contributed by atoms with Crippen molar-refractivity contribution >= 4 is 23.2 Å². The summed E-state index contributed by atoms with van der Waals surface area (Å²) in [6, 6.07) is 11.8. The van der Waals surface area contributed by atoms with E-state index in [1.54, 1.807) is 11.0 Å². The van der Waals surface area contributed by atoms with Crippen LogP contribution in [0.4, 0.5) is 13.2 Å². The molecular weight excluding hydrogens is 431 g/mol. The number of imidazole rings is 1. The van der Waals surface area contributed by atoms with Gasteiger partial charge in [-0.15, -0.1) is 0 Å². The quantitative estimate of drug-likeness (QED) is 0.397. The number of halogens is 4. The molecule has 158 valence electrons. The van der Waals surface area contributed by atoms with E-state index in [0.717, 1.165) is 22.5 Å². The Labute approximate surface area is 179 Å². The number of carbonyl (C=O) groups excluding carboxylic acids is 1. The number of benzene rings is 1. The molecule has 0 aliphatic carbocycles. The van der Waals surface area contributed by atoms with Crippen LogP contribution in [0.5, 0.6) is 0 Å². The molecule has 1 unspecified atom stereocenters. The number of pyridine rings is 1. The largest absolute Gasteiger partial charge is 0.472 e. The molecule has 1 atom stereocenters. The number of fused-ring (bicyclic) bond motifs is 1. The molecule has 1 amide bonds. The van der Waals surface area contributed by atoms with Crippen molar-refractivity contribution in [2.45, 2.75) is 18.6 Å². The van der Waals surface area contributed by atoms with Crippen molar-refractivity contribution in [2.24, 2.45) is 0 Å². The van der Waals surface area contributed by atoms with Gasteiger partial charge in [0.25, 0.3) is 5.91 Å². The van der Waals surface area contributed by atoms with Crippen molar-refractivity contribution in [3.63, 3.8) is 0 Å². The van der Waals surface area contributed by atoms with Gasteiger partial charge in [0, 0.05) is 23.9 Å². The van der Waals surface area contributed by atoms with E-state index in [-0.39, 0.29) is 22.5 Å². The third-order valence-corrected chi connectivity index (χ3v) is 5.85. The van der Waals surface area contributed by atoms with Crippen molar-refractivity contribution in [3.05, 3.63) is 83.2 Å². The first-order valence-electron chi connectivity index (χ1n) is 9.52. The number of alkyl halides is 3. The van der Waals surface area contributed by atoms with Crippen LogP contribution in [0.1, 0.15) is 34.1 Å². The minimum absolute atomic E-state index is 0.154. The van der Waals surface area contributed by atoms with Gasteiger partial charge < -0.3 is 9.32 Å². The van der Waals surface area contributed by atoms with E-state index in [9.17, 15) is 18.0 Å². The maximum Gasteiger partial charge on any atom is 0.420 e. The summed E-state index contributed by atoms with van der Waals surface area (Å²) in [6.45, 7) is 0.481. The molecule has 0 bridgehead atoms. The number of likely N-dealkylation sites (tertiary alicyclic amines) is 1. The molecule has 0 spiro atoms. The second-order valence-corrected chi connectivity index (χ2v) is 7.67. The smallest absolute Gasteiger partial charge is 0.420 e. The highest BCUT2D eigenvalue weighted by Crippen LogP contribution is 2.39. The Hall–Kier alpha value is -3.26. The summed E-state index contributed by atoms with van der Waals surface area (Å²) in [7, 11) is 0. The summed E-state index contributed by atoms with van der Waals surface area (Å²) in [6.07, 6.45) is 0.207.